The zero-order valence-corrected chi connectivity index (χ0v) is 8.77. The second kappa shape index (κ2) is 5.43. The minimum Gasteiger partial charge on any atom is -0.465 e. The van der Waals surface area contributed by atoms with Crippen molar-refractivity contribution in [3.8, 4) is 0 Å². The van der Waals surface area contributed by atoms with Gasteiger partial charge in [0.15, 0.2) is 0 Å². The molecule has 82 valence electrons. The van der Waals surface area contributed by atoms with Crippen LogP contribution in [-0.2, 0) is 9.63 Å². The number of carbonyl (C=O) groups is 2. The summed E-state index contributed by atoms with van der Waals surface area (Å²) in [6, 6.07) is -0.780. The van der Waals surface area contributed by atoms with Crippen molar-refractivity contribution in [2.45, 2.75) is 19.9 Å². The predicted molar refractivity (Wildman–Crippen MR) is 49.6 cm³/mol. The molecule has 1 atom stereocenters. The molecule has 2 amide bonds. The van der Waals surface area contributed by atoms with Crippen LogP contribution in [0.5, 0.6) is 0 Å². The van der Waals surface area contributed by atoms with E-state index in [-0.39, 0.29) is 5.92 Å². The summed E-state index contributed by atoms with van der Waals surface area (Å²) < 4.78 is 0. The van der Waals surface area contributed by atoms with E-state index in [0.29, 0.717) is 0 Å². The Morgan fingerprint density at radius 1 is 1.43 bits per heavy atom. The van der Waals surface area contributed by atoms with Crippen molar-refractivity contribution in [2.75, 3.05) is 14.2 Å². The van der Waals surface area contributed by atoms with Crippen molar-refractivity contribution >= 4 is 12.0 Å². The topological polar surface area (TPSA) is 78.9 Å². The maximum atomic E-state index is 11.5. The van der Waals surface area contributed by atoms with Crippen LogP contribution in [0.15, 0.2) is 0 Å². The lowest BCUT2D eigenvalue weighted by Gasteiger charge is -2.24. The van der Waals surface area contributed by atoms with Gasteiger partial charge in [-0.25, -0.2) is 9.86 Å². The number of amides is 2. The Bertz CT molecular complexity index is 217. The Balaban J connectivity index is 4.49. The average Bonchev–Trinajstić information content (AvgIpc) is 2.11. The highest BCUT2D eigenvalue weighted by Crippen LogP contribution is 2.05. The maximum absolute atomic E-state index is 11.5. The molecule has 0 aromatic heterocycles. The van der Waals surface area contributed by atoms with E-state index in [9.17, 15) is 9.59 Å². The number of hydrogen-bond acceptors (Lipinski definition) is 3. The molecule has 0 fully saturated rings. The summed E-state index contributed by atoms with van der Waals surface area (Å²) >= 11 is 0. The number of rotatable bonds is 4. The Morgan fingerprint density at radius 3 is 2.21 bits per heavy atom. The molecule has 0 spiro atoms. The standard InChI is InChI=1S/C8H16N2O4/c1-5(2)6(9-8(12)13)7(11)10(3)14-4/h5-6,9H,1-4H3,(H,12,13). The number of nitrogens with zero attached hydrogens (tertiary/aromatic N) is 1. The lowest BCUT2D eigenvalue weighted by atomic mass is 10.0. The van der Waals surface area contributed by atoms with Gasteiger partial charge in [0.2, 0.25) is 0 Å². The smallest absolute Gasteiger partial charge is 0.405 e. The van der Waals surface area contributed by atoms with Gasteiger partial charge >= 0.3 is 6.09 Å². The molecule has 0 rings (SSSR count). The summed E-state index contributed by atoms with van der Waals surface area (Å²) in [5.41, 5.74) is 0. The molecule has 0 aliphatic heterocycles. The van der Waals surface area contributed by atoms with Crippen LogP contribution in [0.1, 0.15) is 13.8 Å². The molecule has 14 heavy (non-hydrogen) atoms. The zero-order chi connectivity index (χ0) is 11.3. The minimum absolute atomic E-state index is 0.129. The Labute approximate surface area is 82.8 Å². The van der Waals surface area contributed by atoms with Gasteiger partial charge in [-0.05, 0) is 5.92 Å². The normalized spacial score (nSPS) is 12.4. The van der Waals surface area contributed by atoms with E-state index < -0.39 is 18.0 Å². The summed E-state index contributed by atoms with van der Waals surface area (Å²) in [5, 5.41) is 11.7. The van der Waals surface area contributed by atoms with Crippen LogP contribution >= 0.6 is 0 Å². The van der Waals surface area contributed by atoms with E-state index in [1.54, 1.807) is 13.8 Å². The average molecular weight is 204 g/mol. The van der Waals surface area contributed by atoms with Crippen molar-refractivity contribution in [2.24, 2.45) is 5.92 Å². The van der Waals surface area contributed by atoms with Crippen molar-refractivity contribution in [3.63, 3.8) is 0 Å². The van der Waals surface area contributed by atoms with E-state index in [0.717, 1.165) is 5.06 Å². The monoisotopic (exact) mass is 204 g/mol. The van der Waals surface area contributed by atoms with Crippen LogP contribution in [0.2, 0.25) is 0 Å². The third kappa shape index (κ3) is 3.61. The van der Waals surface area contributed by atoms with E-state index in [4.69, 9.17) is 5.11 Å². The van der Waals surface area contributed by atoms with Gasteiger partial charge in [0.25, 0.3) is 5.91 Å². The molecule has 0 aliphatic rings. The highest BCUT2D eigenvalue weighted by Gasteiger charge is 2.26. The number of hydrogen-bond donors (Lipinski definition) is 2. The van der Waals surface area contributed by atoms with E-state index in [2.05, 4.69) is 10.2 Å². The summed E-state index contributed by atoms with van der Waals surface area (Å²) in [5.74, 6) is -0.541. The molecular formula is C8H16N2O4. The van der Waals surface area contributed by atoms with Crippen molar-refractivity contribution in [1.82, 2.24) is 10.4 Å². The van der Waals surface area contributed by atoms with E-state index in [1.807, 2.05) is 0 Å². The van der Waals surface area contributed by atoms with Gasteiger partial charge in [0.05, 0.1) is 7.11 Å². The van der Waals surface area contributed by atoms with Crippen molar-refractivity contribution < 1.29 is 19.5 Å². The van der Waals surface area contributed by atoms with Gasteiger partial charge in [0, 0.05) is 7.05 Å². The highest BCUT2D eigenvalue weighted by molar-refractivity contribution is 5.84. The number of likely N-dealkylation sites (N-methyl/N-ethyl adjacent to an activating group) is 1. The third-order valence-electron chi connectivity index (χ3n) is 1.80. The SMILES string of the molecule is CON(C)C(=O)C(NC(=O)O)C(C)C. The molecule has 1 unspecified atom stereocenters. The van der Waals surface area contributed by atoms with Crippen LogP contribution in [-0.4, -0.2) is 42.4 Å². The van der Waals surface area contributed by atoms with Crippen LogP contribution in [0.25, 0.3) is 0 Å². The van der Waals surface area contributed by atoms with E-state index in [1.165, 1.54) is 14.2 Å². The molecule has 6 heteroatoms. The molecule has 2 N–H and O–H groups in total. The summed E-state index contributed by atoms with van der Waals surface area (Å²) in [7, 11) is 2.78. The lowest BCUT2D eigenvalue weighted by Crippen LogP contribution is -2.49. The minimum atomic E-state index is -1.22. The van der Waals surface area contributed by atoms with Gasteiger partial charge in [-0.15, -0.1) is 0 Å². The fraction of sp³-hybridized carbons (Fsp3) is 0.750. The largest absolute Gasteiger partial charge is 0.465 e. The number of hydroxylamine groups is 2. The van der Waals surface area contributed by atoms with Gasteiger partial charge in [-0.3, -0.25) is 9.63 Å². The third-order valence-corrected chi connectivity index (χ3v) is 1.80. The summed E-state index contributed by atoms with van der Waals surface area (Å²) in [6.07, 6.45) is -1.22. The first-order chi connectivity index (χ1) is 6.40. The van der Waals surface area contributed by atoms with Crippen molar-refractivity contribution in [3.05, 3.63) is 0 Å². The molecule has 0 aromatic rings. The first-order valence-corrected chi connectivity index (χ1v) is 4.21. The highest BCUT2D eigenvalue weighted by atomic mass is 16.7. The van der Waals surface area contributed by atoms with Gasteiger partial charge in [-0.2, -0.15) is 0 Å². The molecule has 0 aliphatic carbocycles. The second-order valence-electron chi connectivity index (χ2n) is 3.19. The lowest BCUT2D eigenvalue weighted by molar-refractivity contribution is -0.172. The first kappa shape index (κ1) is 12.7. The molecule has 0 saturated heterocycles. The number of carbonyl (C=O) groups excluding carboxylic acids is 1. The summed E-state index contributed by atoms with van der Waals surface area (Å²) in [6.45, 7) is 3.50. The van der Waals surface area contributed by atoms with E-state index >= 15 is 0 Å². The quantitative estimate of drug-likeness (QED) is 0.645. The Kier molecular flexibility index (Phi) is 4.93. The van der Waals surface area contributed by atoms with Crippen LogP contribution in [0.4, 0.5) is 4.79 Å². The van der Waals surface area contributed by atoms with Crippen molar-refractivity contribution in [1.29, 1.82) is 0 Å². The molecule has 6 nitrogen and oxygen atoms in total. The number of nitrogens with one attached hydrogen (secondary N) is 1. The van der Waals surface area contributed by atoms with Crippen LogP contribution in [0.3, 0.4) is 0 Å². The second-order valence-corrected chi connectivity index (χ2v) is 3.19. The molecule has 0 bridgehead atoms. The Hall–Kier alpha value is -1.30. The van der Waals surface area contributed by atoms with Crippen LogP contribution in [0, 0.1) is 5.92 Å². The number of carboxylic acid groups (broad SMARTS) is 1. The molecule has 0 saturated carbocycles. The molecule has 0 radical (unpaired) electrons. The molecular weight excluding hydrogens is 188 g/mol. The van der Waals surface area contributed by atoms with Crippen LogP contribution < -0.4 is 5.32 Å². The van der Waals surface area contributed by atoms with Gasteiger partial charge < -0.3 is 10.4 Å². The summed E-state index contributed by atoms with van der Waals surface area (Å²) in [4.78, 5) is 26.6. The first-order valence-electron chi connectivity index (χ1n) is 4.21. The Morgan fingerprint density at radius 2 is 1.93 bits per heavy atom. The predicted octanol–water partition coefficient (Wildman–Crippen LogP) is 0.298. The zero-order valence-electron chi connectivity index (χ0n) is 8.77. The molecule has 0 aromatic carbocycles. The maximum Gasteiger partial charge on any atom is 0.405 e. The molecule has 0 heterocycles. The van der Waals surface area contributed by atoms with Gasteiger partial charge in [-0.1, -0.05) is 13.8 Å². The van der Waals surface area contributed by atoms with Gasteiger partial charge in [0.1, 0.15) is 6.04 Å². The fourth-order valence-electron chi connectivity index (χ4n) is 0.932. The fourth-order valence-corrected chi connectivity index (χ4v) is 0.932.